The van der Waals surface area contributed by atoms with Crippen LogP contribution in [0.1, 0.15) is 44.9 Å². The number of amides is 1. The van der Waals surface area contributed by atoms with Crippen molar-refractivity contribution in [3.63, 3.8) is 0 Å². The summed E-state index contributed by atoms with van der Waals surface area (Å²) in [6.07, 6.45) is 0.628. The third-order valence-corrected chi connectivity index (χ3v) is 5.82. The molecule has 8 heteroatoms. The molecule has 4 N–H and O–H groups in total. The summed E-state index contributed by atoms with van der Waals surface area (Å²) in [5.74, 6) is 0.141. The predicted octanol–water partition coefficient (Wildman–Crippen LogP) is 3.34. The van der Waals surface area contributed by atoms with Gasteiger partial charge >= 0.3 is 5.69 Å². The van der Waals surface area contributed by atoms with Crippen LogP contribution < -0.4 is 27.2 Å². The lowest BCUT2D eigenvalue weighted by molar-refractivity contribution is -0.120. The van der Waals surface area contributed by atoms with Gasteiger partial charge in [0.1, 0.15) is 11.5 Å². The van der Waals surface area contributed by atoms with E-state index in [0.29, 0.717) is 19.5 Å². The van der Waals surface area contributed by atoms with Gasteiger partial charge in [-0.2, -0.15) is 0 Å². The largest absolute Gasteiger partial charge is 0.383 e. The summed E-state index contributed by atoms with van der Waals surface area (Å²) in [6, 6.07) is 19.6. The fourth-order valence-electron chi connectivity index (χ4n) is 4.31. The molecule has 0 aliphatic rings. The first-order chi connectivity index (χ1) is 17.2. The fraction of sp³-hybridized carbons (Fsp3) is 0.393. The van der Waals surface area contributed by atoms with E-state index < -0.39 is 11.2 Å². The number of benzene rings is 2. The first kappa shape index (κ1) is 26.8. The van der Waals surface area contributed by atoms with Crippen LogP contribution in [0.5, 0.6) is 0 Å². The summed E-state index contributed by atoms with van der Waals surface area (Å²) in [4.78, 5) is 42.7. The van der Waals surface area contributed by atoms with Gasteiger partial charge in [-0.3, -0.25) is 19.1 Å². The van der Waals surface area contributed by atoms with Gasteiger partial charge in [0.25, 0.3) is 5.56 Å². The molecule has 3 aromatic rings. The molecule has 0 aliphatic heterocycles. The van der Waals surface area contributed by atoms with E-state index in [1.807, 2.05) is 88.4 Å². The Balaban J connectivity index is 1.90. The normalized spacial score (nSPS) is 12.1. The van der Waals surface area contributed by atoms with Crippen molar-refractivity contribution in [2.45, 2.75) is 46.7 Å². The molecule has 0 spiro atoms. The van der Waals surface area contributed by atoms with Gasteiger partial charge in [-0.25, -0.2) is 4.79 Å². The van der Waals surface area contributed by atoms with E-state index in [9.17, 15) is 14.4 Å². The smallest absolute Gasteiger partial charge is 0.330 e. The Bertz CT molecular complexity index is 1250. The molecule has 0 radical (unpaired) electrons. The standard InChI is InChI=1S/C28H37N5O3/c1-19(2)16-32(25-26(29)33(17-20(3)4)28(36)31-27(25)35)18-24(34)30-23(22-13-9-6-10-14-22)15-21-11-7-5-8-12-21/h5-14,19-20,23H,15-18,29H2,1-4H3,(H,30,34)(H,31,35,36). The Morgan fingerprint density at radius 2 is 1.58 bits per heavy atom. The third-order valence-electron chi connectivity index (χ3n) is 5.82. The third kappa shape index (κ3) is 7.10. The number of hydrogen-bond acceptors (Lipinski definition) is 5. The number of rotatable bonds is 11. The van der Waals surface area contributed by atoms with Crippen LogP contribution in [0.4, 0.5) is 11.5 Å². The minimum atomic E-state index is -0.588. The van der Waals surface area contributed by atoms with Crippen LogP contribution in [0, 0.1) is 11.8 Å². The highest BCUT2D eigenvalue weighted by atomic mass is 16.2. The number of nitrogens with zero attached hydrogens (tertiary/aromatic N) is 2. The highest BCUT2D eigenvalue weighted by molar-refractivity contribution is 5.83. The molecule has 0 aliphatic carbocycles. The molecule has 2 aromatic carbocycles. The molecule has 8 nitrogen and oxygen atoms in total. The summed E-state index contributed by atoms with van der Waals surface area (Å²) in [5, 5.41) is 3.15. The number of nitrogens with two attached hydrogens (primary N) is 1. The minimum Gasteiger partial charge on any atom is -0.383 e. The van der Waals surface area contributed by atoms with Crippen molar-refractivity contribution in [1.29, 1.82) is 0 Å². The van der Waals surface area contributed by atoms with Gasteiger partial charge in [0, 0.05) is 13.1 Å². The molecule has 1 amide bonds. The Hall–Kier alpha value is -3.81. The number of hydrogen-bond donors (Lipinski definition) is 3. The maximum atomic E-state index is 13.4. The minimum absolute atomic E-state index is 0.0660. The molecule has 192 valence electrons. The lowest BCUT2D eigenvalue weighted by Gasteiger charge is -2.28. The monoisotopic (exact) mass is 491 g/mol. The van der Waals surface area contributed by atoms with Gasteiger partial charge in [-0.05, 0) is 29.4 Å². The first-order valence-corrected chi connectivity index (χ1v) is 12.4. The predicted molar refractivity (Wildman–Crippen MR) is 145 cm³/mol. The van der Waals surface area contributed by atoms with Crippen LogP contribution in [0.25, 0.3) is 0 Å². The molecule has 0 saturated heterocycles. The number of aromatic amines is 1. The zero-order valence-corrected chi connectivity index (χ0v) is 21.5. The average molecular weight is 492 g/mol. The van der Waals surface area contributed by atoms with E-state index in [2.05, 4.69) is 10.3 Å². The summed E-state index contributed by atoms with van der Waals surface area (Å²) in [5.41, 5.74) is 7.46. The van der Waals surface area contributed by atoms with Crippen LogP contribution in [-0.2, 0) is 17.8 Å². The van der Waals surface area contributed by atoms with Gasteiger partial charge in [-0.15, -0.1) is 0 Å². The summed E-state index contributed by atoms with van der Waals surface area (Å²) in [6.45, 7) is 8.66. The lowest BCUT2D eigenvalue weighted by Crippen LogP contribution is -2.45. The number of nitrogens with one attached hydrogen (secondary N) is 2. The second-order valence-electron chi connectivity index (χ2n) is 9.99. The number of carbonyl (C=O) groups excluding carboxylic acids is 1. The maximum Gasteiger partial charge on any atom is 0.330 e. The zero-order chi connectivity index (χ0) is 26.2. The second-order valence-corrected chi connectivity index (χ2v) is 9.99. The molecule has 36 heavy (non-hydrogen) atoms. The van der Waals surface area contributed by atoms with Crippen LogP contribution in [0.15, 0.2) is 70.3 Å². The van der Waals surface area contributed by atoms with E-state index in [0.717, 1.165) is 11.1 Å². The van der Waals surface area contributed by atoms with Gasteiger partial charge in [0.2, 0.25) is 5.91 Å². The van der Waals surface area contributed by atoms with Crippen molar-refractivity contribution < 1.29 is 4.79 Å². The molecule has 3 rings (SSSR count). The molecule has 1 aromatic heterocycles. The zero-order valence-electron chi connectivity index (χ0n) is 21.5. The first-order valence-electron chi connectivity index (χ1n) is 12.4. The maximum absolute atomic E-state index is 13.4. The quantitative estimate of drug-likeness (QED) is 0.381. The van der Waals surface area contributed by atoms with Crippen LogP contribution in [-0.4, -0.2) is 28.5 Å². The molecule has 1 heterocycles. The molecule has 0 fully saturated rings. The fourth-order valence-corrected chi connectivity index (χ4v) is 4.31. The van der Waals surface area contributed by atoms with Crippen molar-refractivity contribution in [3.8, 4) is 0 Å². The highest BCUT2D eigenvalue weighted by Gasteiger charge is 2.24. The summed E-state index contributed by atoms with van der Waals surface area (Å²) in [7, 11) is 0. The molecular formula is C28H37N5O3. The number of anilines is 2. The van der Waals surface area contributed by atoms with Crippen molar-refractivity contribution in [2.24, 2.45) is 11.8 Å². The van der Waals surface area contributed by atoms with Crippen molar-refractivity contribution >= 4 is 17.4 Å². The summed E-state index contributed by atoms with van der Waals surface area (Å²) >= 11 is 0. The summed E-state index contributed by atoms with van der Waals surface area (Å²) < 4.78 is 1.37. The van der Waals surface area contributed by atoms with E-state index in [1.165, 1.54) is 4.57 Å². The number of H-pyrrole nitrogens is 1. The van der Waals surface area contributed by atoms with Crippen molar-refractivity contribution in [2.75, 3.05) is 23.7 Å². The lowest BCUT2D eigenvalue weighted by atomic mass is 9.99. The van der Waals surface area contributed by atoms with Gasteiger partial charge in [0.15, 0.2) is 0 Å². The van der Waals surface area contributed by atoms with E-state index in [4.69, 9.17) is 5.73 Å². The van der Waals surface area contributed by atoms with Crippen molar-refractivity contribution in [1.82, 2.24) is 14.9 Å². The Morgan fingerprint density at radius 3 is 2.17 bits per heavy atom. The molecule has 0 bridgehead atoms. The highest BCUT2D eigenvalue weighted by Crippen LogP contribution is 2.21. The molecular weight excluding hydrogens is 454 g/mol. The Kier molecular flexibility index (Phi) is 9.11. The topological polar surface area (TPSA) is 113 Å². The average Bonchev–Trinajstić information content (AvgIpc) is 2.82. The van der Waals surface area contributed by atoms with Crippen molar-refractivity contribution in [3.05, 3.63) is 92.6 Å². The van der Waals surface area contributed by atoms with E-state index >= 15 is 0 Å². The molecule has 1 atom stereocenters. The van der Waals surface area contributed by atoms with E-state index in [-0.39, 0.29) is 41.8 Å². The number of nitrogen functional groups attached to an aromatic ring is 1. The Morgan fingerprint density at radius 1 is 0.972 bits per heavy atom. The van der Waals surface area contributed by atoms with Crippen LogP contribution in [0.3, 0.4) is 0 Å². The molecule has 1 unspecified atom stereocenters. The van der Waals surface area contributed by atoms with Gasteiger partial charge in [-0.1, -0.05) is 88.4 Å². The number of carbonyl (C=O) groups is 1. The van der Waals surface area contributed by atoms with Crippen LogP contribution in [0.2, 0.25) is 0 Å². The SMILES string of the molecule is CC(C)CN(CC(=O)NC(Cc1ccccc1)c1ccccc1)c1c(N)n(CC(C)C)c(=O)[nH]c1=O. The molecule has 0 saturated carbocycles. The van der Waals surface area contributed by atoms with Gasteiger partial charge in [0.05, 0.1) is 12.6 Å². The number of aromatic nitrogens is 2. The van der Waals surface area contributed by atoms with E-state index in [1.54, 1.807) is 4.90 Å². The second kappa shape index (κ2) is 12.2. The van der Waals surface area contributed by atoms with Gasteiger partial charge < -0.3 is 16.0 Å². The van der Waals surface area contributed by atoms with Crippen LogP contribution >= 0.6 is 0 Å². The Labute approximate surface area is 212 Å².